The molecule has 1 fully saturated rings. The van der Waals surface area contributed by atoms with Gasteiger partial charge in [0.25, 0.3) is 0 Å². The zero-order valence-electron chi connectivity index (χ0n) is 34.1. The summed E-state index contributed by atoms with van der Waals surface area (Å²) in [5, 5.41) is 0. The third kappa shape index (κ3) is 14.4. The second-order valence-electron chi connectivity index (χ2n) is 15.0. The molecule has 1 aliphatic rings. The van der Waals surface area contributed by atoms with Crippen molar-refractivity contribution in [3.8, 4) is 28.7 Å². The van der Waals surface area contributed by atoms with Gasteiger partial charge >= 0.3 is 23.9 Å². The van der Waals surface area contributed by atoms with Gasteiger partial charge < -0.3 is 33.2 Å². The molecule has 4 aromatic carbocycles. The van der Waals surface area contributed by atoms with Crippen LogP contribution in [0.5, 0.6) is 28.7 Å². The monoisotopic (exact) mass is 806 g/mol. The first kappa shape index (κ1) is 44.2. The molecule has 5 rings (SSSR count). The van der Waals surface area contributed by atoms with E-state index >= 15 is 0 Å². The van der Waals surface area contributed by atoms with Gasteiger partial charge in [0.15, 0.2) is 0 Å². The second kappa shape index (κ2) is 22.9. The number of rotatable bonds is 21. The molecule has 312 valence electrons. The molecule has 3 unspecified atom stereocenters. The molecule has 1 saturated carbocycles. The van der Waals surface area contributed by atoms with Crippen molar-refractivity contribution in [2.45, 2.75) is 71.8 Å². The summed E-state index contributed by atoms with van der Waals surface area (Å²) in [7, 11) is 0. The minimum atomic E-state index is -0.600. The standard InChI is InChI=1S/C48H54O11/c1-5-28-53-38-17-11-35(12-18-38)46(50)55-30-9-7-6-8-29-54-39-19-13-36(14-20-39)47(51)58-41-23-25-42(26-24-41)59-48(52)37-15-21-40(22-16-37)57-45(49)32-56-44-31-34(4)10-27-43(44)33(2)3/h5,11-26,33-34,43-44H,1,6-10,27-32H2,2-4H3. The lowest BCUT2D eigenvalue weighted by Crippen LogP contribution is -2.36. The Morgan fingerprint density at radius 1 is 0.610 bits per heavy atom. The van der Waals surface area contributed by atoms with Crippen molar-refractivity contribution in [3.63, 3.8) is 0 Å². The van der Waals surface area contributed by atoms with Crippen LogP contribution in [0.1, 0.15) is 96.8 Å². The number of ether oxygens (including phenoxy) is 7. The molecule has 1 aliphatic carbocycles. The quantitative estimate of drug-likeness (QED) is 0.0345. The molecule has 11 heteroatoms. The lowest BCUT2D eigenvalue weighted by molar-refractivity contribution is -0.145. The van der Waals surface area contributed by atoms with Gasteiger partial charge in [0.1, 0.15) is 42.0 Å². The first-order valence-corrected chi connectivity index (χ1v) is 20.3. The maximum Gasteiger partial charge on any atom is 0.343 e. The summed E-state index contributed by atoms with van der Waals surface area (Å²) >= 11 is 0. The average Bonchev–Trinajstić information content (AvgIpc) is 3.24. The Morgan fingerprint density at radius 3 is 1.63 bits per heavy atom. The van der Waals surface area contributed by atoms with Gasteiger partial charge in [-0.05, 0) is 153 Å². The van der Waals surface area contributed by atoms with Gasteiger partial charge in [-0.1, -0.05) is 39.8 Å². The van der Waals surface area contributed by atoms with Crippen LogP contribution in [0.2, 0.25) is 0 Å². The lowest BCUT2D eigenvalue weighted by atomic mass is 9.75. The van der Waals surface area contributed by atoms with E-state index in [1.807, 2.05) is 0 Å². The smallest absolute Gasteiger partial charge is 0.343 e. The number of benzene rings is 4. The Morgan fingerprint density at radius 2 is 1.08 bits per heavy atom. The largest absolute Gasteiger partial charge is 0.494 e. The molecule has 59 heavy (non-hydrogen) atoms. The van der Waals surface area contributed by atoms with E-state index in [0.29, 0.717) is 65.9 Å². The number of hydrogen-bond donors (Lipinski definition) is 0. The van der Waals surface area contributed by atoms with Crippen molar-refractivity contribution in [2.75, 3.05) is 26.4 Å². The highest BCUT2D eigenvalue weighted by Crippen LogP contribution is 2.35. The summed E-state index contributed by atoms with van der Waals surface area (Å²) in [5.41, 5.74) is 1.09. The van der Waals surface area contributed by atoms with E-state index in [-0.39, 0.29) is 35.7 Å². The number of carbonyl (C=O) groups is 4. The maximum absolute atomic E-state index is 12.8. The van der Waals surface area contributed by atoms with E-state index in [2.05, 4.69) is 27.4 Å². The first-order valence-electron chi connectivity index (χ1n) is 20.3. The van der Waals surface area contributed by atoms with Gasteiger partial charge in [-0.3, -0.25) is 0 Å². The van der Waals surface area contributed by atoms with E-state index < -0.39 is 17.9 Å². The SMILES string of the molecule is C=CCOc1ccc(C(=O)OCCCCCCOc2ccc(C(=O)Oc3ccc(OC(=O)c4ccc(OC(=O)COC5CC(C)CCC5C(C)C)cc4)cc3)cc2)cc1. The van der Waals surface area contributed by atoms with Crippen molar-refractivity contribution >= 4 is 23.9 Å². The van der Waals surface area contributed by atoms with Crippen LogP contribution < -0.4 is 23.7 Å². The maximum atomic E-state index is 12.8. The third-order valence-electron chi connectivity index (χ3n) is 10.0. The van der Waals surface area contributed by atoms with Gasteiger partial charge in [-0.2, -0.15) is 0 Å². The van der Waals surface area contributed by atoms with E-state index in [4.69, 9.17) is 33.2 Å². The summed E-state index contributed by atoms with van der Waals surface area (Å²) in [6.07, 6.45) is 8.29. The molecular weight excluding hydrogens is 753 g/mol. The van der Waals surface area contributed by atoms with Crippen molar-refractivity contribution in [1.82, 2.24) is 0 Å². The predicted molar refractivity (Wildman–Crippen MR) is 222 cm³/mol. The highest BCUT2D eigenvalue weighted by atomic mass is 16.6. The van der Waals surface area contributed by atoms with E-state index in [1.54, 1.807) is 54.6 Å². The second-order valence-corrected chi connectivity index (χ2v) is 15.0. The fourth-order valence-corrected chi connectivity index (χ4v) is 6.73. The predicted octanol–water partition coefficient (Wildman–Crippen LogP) is 9.87. The van der Waals surface area contributed by atoms with E-state index in [0.717, 1.165) is 38.5 Å². The number of esters is 4. The Balaban J connectivity index is 0.948. The molecule has 0 N–H and O–H groups in total. The summed E-state index contributed by atoms with van der Waals surface area (Å²) in [4.78, 5) is 50.3. The minimum absolute atomic E-state index is 0.0379. The van der Waals surface area contributed by atoms with E-state index in [9.17, 15) is 19.2 Å². The number of hydrogen-bond acceptors (Lipinski definition) is 11. The molecule has 0 spiro atoms. The van der Waals surface area contributed by atoms with Crippen LogP contribution in [0.3, 0.4) is 0 Å². The lowest BCUT2D eigenvalue weighted by Gasteiger charge is -2.36. The Kier molecular flexibility index (Phi) is 17.1. The molecular formula is C48H54O11. The molecule has 0 aliphatic heterocycles. The molecule has 4 aromatic rings. The number of carbonyl (C=O) groups excluding carboxylic acids is 4. The van der Waals surface area contributed by atoms with Gasteiger partial charge in [-0.25, -0.2) is 19.2 Å². The molecule has 0 saturated heterocycles. The van der Waals surface area contributed by atoms with Crippen molar-refractivity contribution in [1.29, 1.82) is 0 Å². The summed E-state index contributed by atoms with van der Waals surface area (Å²) in [6, 6.07) is 25.7. The first-order chi connectivity index (χ1) is 28.6. The third-order valence-corrected chi connectivity index (χ3v) is 10.0. The summed E-state index contributed by atoms with van der Waals surface area (Å²) in [5.74, 6) is 1.62. The van der Waals surface area contributed by atoms with Crippen molar-refractivity contribution in [2.24, 2.45) is 17.8 Å². The van der Waals surface area contributed by atoms with Gasteiger partial charge in [0.05, 0.1) is 36.0 Å². The van der Waals surface area contributed by atoms with Crippen LogP contribution in [0, 0.1) is 17.8 Å². The zero-order chi connectivity index (χ0) is 42.0. The van der Waals surface area contributed by atoms with Crippen molar-refractivity contribution in [3.05, 3.63) is 126 Å². The van der Waals surface area contributed by atoms with Crippen LogP contribution in [0.15, 0.2) is 110 Å². The summed E-state index contributed by atoms with van der Waals surface area (Å²) in [6.45, 7) is 11.3. The van der Waals surface area contributed by atoms with Crippen LogP contribution in [0.25, 0.3) is 0 Å². The van der Waals surface area contributed by atoms with E-state index in [1.165, 1.54) is 55.0 Å². The minimum Gasteiger partial charge on any atom is -0.494 e. The molecule has 0 radical (unpaired) electrons. The Labute approximate surface area is 346 Å². The average molecular weight is 807 g/mol. The molecule has 0 amide bonds. The van der Waals surface area contributed by atoms with Crippen LogP contribution in [0.4, 0.5) is 0 Å². The van der Waals surface area contributed by atoms with Crippen LogP contribution in [-0.2, 0) is 14.3 Å². The fourth-order valence-electron chi connectivity index (χ4n) is 6.73. The van der Waals surface area contributed by atoms with Crippen LogP contribution in [-0.4, -0.2) is 56.4 Å². The van der Waals surface area contributed by atoms with Gasteiger partial charge in [0.2, 0.25) is 0 Å². The normalized spacial score (nSPS) is 16.1. The Bertz CT molecular complexity index is 1950. The molecule has 3 atom stereocenters. The highest BCUT2D eigenvalue weighted by molar-refractivity contribution is 5.92. The summed E-state index contributed by atoms with van der Waals surface area (Å²) < 4.78 is 39.0. The van der Waals surface area contributed by atoms with Gasteiger partial charge in [-0.15, -0.1) is 0 Å². The van der Waals surface area contributed by atoms with Gasteiger partial charge in [0, 0.05) is 0 Å². The molecule has 0 aromatic heterocycles. The molecule has 11 nitrogen and oxygen atoms in total. The fraction of sp³-hybridized carbons (Fsp3) is 0.375. The highest BCUT2D eigenvalue weighted by Gasteiger charge is 2.32. The zero-order valence-corrected chi connectivity index (χ0v) is 34.1. The number of unbranched alkanes of at least 4 members (excludes halogenated alkanes) is 3. The topological polar surface area (TPSA) is 133 Å². The van der Waals surface area contributed by atoms with Crippen molar-refractivity contribution < 1.29 is 52.3 Å². The molecule has 0 bridgehead atoms. The molecule has 0 heterocycles. The van der Waals surface area contributed by atoms with Crippen LogP contribution >= 0.6 is 0 Å². The Hall–Kier alpha value is -5.94.